The molecule has 0 amide bonds. The highest BCUT2D eigenvalue weighted by Crippen LogP contribution is 2.25. The summed E-state index contributed by atoms with van der Waals surface area (Å²) in [7, 11) is 1.81. The maximum absolute atomic E-state index is 4.24. The Labute approximate surface area is 117 Å². The summed E-state index contributed by atoms with van der Waals surface area (Å²) < 4.78 is 0. The van der Waals surface area contributed by atoms with Gasteiger partial charge in [0.15, 0.2) is 5.96 Å². The molecule has 0 heterocycles. The molecule has 3 heteroatoms. The van der Waals surface area contributed by atoms with E-state index in [-0.39, 0.29) is 5.41 Å². The van der Waals surface area contributed by atoms with Gasteiger partial charge in [-0.2, -0.15) is 0 Å². The highest BCUT2D eigenvalue weighted by molar-refractivity contribution is 5.79. The van der Waals surface area contributed by atoms with Crippen LogP contribution >= 0.6 is 0 Å². The van der Waals surface area contributed by atoms with Crippen LogP contribution in [0.2, 0.25) is 0 Å². The summed E-state index contributed by atoms with van der Waals surface area (Å²) in [6.45, 7) is 10.6. The van der Waals surface area contributed by atoms with Crippen LogP contribution in [0.25, 0.3) is 0 Å². The van der Waals surface area contributed by atoms with Crippen molar-refractivity contribution in [1.82, 2.24) is 10.6 Å². The smallest absolute Gasteiger partial charge is 0.191 e. The summed E-state index contributed by atoms with van der Waals surface area (Å²) in [5.74, 6) is 0.878. The minimum atomic E-state index is 0.0785. The fourth-order valence-electron chi connectivity index (χ4n) is 2.20. The zero-order valence-electron chi connectivity index (χ0n) is 12.9. The number of benzene rings is 1. The minimum Gasteiger partial charge on any atom is -0.356 e. The molecule has 1 aromatic rings. The minimum absolute atomic E-state index is 0.0785. The molecular formula is C16H27N3. The van der Waals surface area contributed by atoms with Gasteiger partial charge in [-0.05, 0) is 24.5 Å². The molecule has 19 heavy (non-hydrogen) atoms. The predicted molar refractivity (Wildman–Crippen MR) is 83.9 cm³/mol. The van der Waals surface area contributed by atoms with Crippen LogP contribution in [0.5, 0.6) is 0 Å². The van der Waals surface area contributed by atoms with Crippen LogP contribution in [0.15, 0.2) is 29.3 Å². The van der Waals surface area contributed by atoms with Crippen molar-refractivity contribution >= 4 is 5.96 Å². The van der Waals surface area contributed by atoms with Gasteiger partial charge in [-0.25, -0.2) is 0 Å². The number of nitrogens with one attached hydrogen (secondary N) is 2. The Bertz CT molecular complexity index is 422. The average molecular weight is 261 g/mol. The van der Waals surface area contributed by atoms with Crippen LogP contribution in [0, 0.1) is 6.92 Å². The molecule has 0 spiro atoms. The SMILES string of the molecule is CCCNC(=NC)NCC(C)(C)c1ccccc1C. The molecule has 0 radical (unpaired) electrons. The van der Waals surface area contributed by atoms with Gasteiger partial charge in [-0.15, -0.1) is 0 Å². The summed E-state index contributed by atoms with van der Waals surface area (Å²) in [5.41, 5.74) is 2.80. The van der Waals surface area contributed by atoms with Crippen LogP contribution in [-0.2, 0) is 5.41 Å². The number of aliphatic imine (C=N–C) groups is 1. The summed E-state index contributed by atoms with van der Waals surface area (Å²) in [6, 6.07) is 8.57. The van der Waals surface area contributed by atoms with E-state index >= 15 is 0 Å². The summed E-state index contributed by atoms with van der Waals surface area (Å²) in [4.78, 5) is 4.24. The van der Waals surface area contributed by atoms with E-state index in [1.807, 2.05) is 7.05 Å². The lowest BCUT2D eigenvalue weighted by atomic mass is 9.82. The zero-order chi connectivity index (χ0) is 14.3. The lowest BCUT2D eigenvalue weighted by molar-refractivity contribution is 0.506. The molecule has 106 valence electrons. The molecular weight excluding hydrogens is 234 g/mol. The van der Waals surface area contributed by atoms with E-state index in [0.717, 1.165) is 25.5 Å². The Balaban J connectivity index is 2.67. The van der Waals surface area contributed by atoms with Crippen molar-refractivity contribution in [3.63, 3.8) is 0 Å². The second-order valence-corrected chi connectivity index (χ2v) is 5.55. The largest absolute Gasteiger partial charge is 0.356 e. The van der Waals surface area contributed by atoms with E-state index in [1.165, 1.54) is 11.1 Å². The Hall–Kier alpha value is -1.51. The average Bonchev–Trinajstić information content (AvgIpc) is 2.39. The first-order valence-electron chi connectivity index (χ1n) is 7.02. The van der Waals surface area contributed by atoms with Crippen molar-refractivity contribution in [2.24, 2.45) is 4.99 Å². The standard InChI is InChI=1S/C16H27N3/c1-6-11-18-15(17-5)19-12-16(3,4)14-10-8-7-9-13(14)2/h7-10H,6,11-12H2,1-5H3,(H2,17,18,19). The normalized spacial score (nSPS) is 12.4. The van der Waals surface area contributed by atoms with E-state index in [9.17, 15) is 0 Å². The number of guanidine groups is 1. The molecule has 1 rings (SSSR count). The van der Waals surface area contributed by atoms with Crippen molar-refractivity contribution in [3.05, 3.63) is 35.4 Å². The molecule has 0 aromatic heterocycles. The Morgan fingerprint density at radius 3 is 2.47 bits per heavy atom. The molecule has 0 aliphatic heterocycles. The molecule has 0 saturated heterocycles. The van der Waals surface area contributed by atoms with E-state index in [1.54, 1.807) is 0 Å². The molecule has 0 aliphatic carbocycles. The second-order valence-electron chi connectivity index (χ2n) is 5.55. The predicted octanol–water partition coefficient (Wildman–Crippen LogP) is 2.85. The van der Waals surface area contributed by atoms with E-state index in [0.29, 0.717) is 0 Å². The van der Waals surface area contributed by atoms with Gasteiger partial charge < -0.3 is 10.6 Å². The lowest BCUT2D eigenvalue weighted by Gasteiger charge is -2.28. The molecule has 3 nitrogen and oxygen atoms in total. The molecule has 0 aliphatic rings. The fourth-order valence-corrected chi connectivity index (χ4v) is 2.20. The summed E-state index contributed by atoms with van der Waals surface area (Å²) in [5, 5.41) is 6.71. The first-order valence-corrected chi connectivity index (χ1v) is 7.02. The molecule has 0 unspecified atom stereocenters. The van der Waals surface area contributed by atoms with Gasteiger partial charge in [0.2, 0.25) is 0 Å². The van der Waals surface area contributed by atoms with Crippen LogP contribution in [-0.4, -0.2) is 26.1 Å². The number of hydrogen-bond donors (Lipinski definition) is 2. The topological polar surface area (TPSA) is 36.4 Å². The van der Waals surface area contributed by atoms with Gasteiger partial charge in [0.05, 0.1) is 0 Å². The van der Waals surface area contributed by atoms with Crippen molar-refractivity contribution in [1.29, 1.82) is 0 Å². The summed E-state index contributed by atoms with van der Waals surface area (Å²) in [6.07, 6.45) is 1.10. The zero-order valence-corrected chi connectivity index (χ0v) is 12.9. The Morgan fingerprint density at radius 2 is 1.89 bits per heavy atom. The number of hydrogen-bond acceptors (Lipinski definition) is 1. The number of nitrogens with zero attached hydrogens (tertiary/aromatic N) is 1. The number of rotatable bonds is 5. The molecule has 0 bridgehead atoms. The van der Waals surface area contributed by atoms with Crippen LogP contribution < -0.4 is 10.6 Å². The van der Waals surface area contributed by atoms with Gasteiger partial charge in [0, 0.05) is 25.6 Å². The van der Waals surface area contributed by atoms with E-state index in [2.05, 4.69) is 67.6 Å². The lowest BCUT2D eigenvalue weighted by Crippen LogP contribution is -2.43. The van der Waals surface area contributed by atoms with Crippen molar-refractivity contribution < 1.29 is 0 Å². The van der Waals surface area contributed by atoms with Crippen LogP contribution in [0.1, 0.15) is 38.3 Å². The third-order valence-electron chi connectivity index (χ3n) is 3.34. The quantitative estimate of drug-likeness (QED) is 0.631. The van der Waals surface area contributed by atoms with Crippen molar-refractivity contribution in [2.45, 2.75) is 39.5 Å². The van der Waals surface area contributed by atoms with Gasteiger partial charge in [0.25, 0.3) is 0 Å². The highest BCUT2D eigenvalue weighted by Gasteiger charge is 2.22. The fraction of sp³-hybridized carbons (Fsp3) is 0.562. The Kier molecular flexibility index (Phi) is 5.87. The van der Waals surface area contributed by atoms with Crippen LogP contribution in [0.4, 0.5) is 0 Å². The maximum Gasteiger partial charge on any atom is 0.191 e. The Morgan fingerprint density at radius 1 is 1.21 bits per heavy atom. The van der Waals surface area contributed by atoms with Crippen molar-refractivity contribution in [3.8, 4) is 0 Å². The molecule has 0 saturated carbocycles. The monoisotopic (exact) mass is 261 g/mol. The maximum atomic E-state index is 4.24. The first kappa shape index (κ1) is 15.5. The molecule has 1 aromatic carbocycles. The third-order valence-corrected chi connectivity index (χ3v) is 3.34. The van der Waals surface area contributed by atoms with Crippen LogP contribution in [0.3, 0.4) is 0 Å². The molecule has 0 fully saturated rings. The van der Waals surface area contributed by atoms with Gasteiger partial charge in [-0.1, -0.05) is 45.0 Å². The first-order chi connectivity index (χ1) is 9.01. The van der Waals surface area contributed by atoms with E-state index in [4.69, 9.17) is 0 Å². The highest BCUT2D eigenvalue weighted by atomic mass is 15.2. The van der Waals surface area contributed by atoms with Gasteiger partial charge in [0.1, 0.15) is 0 Å². The van der Waals surface area contributed by atoms with Gasteiger partial charge in [-0.3, -0.25) is 4.99 Å². The third kappa shape index (κ3) is 4.58. The van der Waals surface area contributed by atoms with Crippen molar-refractivity contribution in [2.75, 3.05) is 20.1 Å². The summed E-state index contributed by atoms with van der Waals surface area (Å²) >= 11 is 0. The molecule has 0 atom stereocenters. The van der Waals surface area contributed by atoms with E-state index < -0.39 is 0 Å². The second kappa shape index (κ2) is 7.17. The van der Waals surface area contributed by atoms with Gasteiger partial charge >= 0.3 is 0 Å². The number of aryl methyl sites for hydroxylation is 1. The molecule has 2 N–H and O–H groups in total.